The monoisotopic (exact) mass is 412 g/mol. The minimum atomic E-state index is 0.0845. The van der Waals surface area contributed by atoms with E-state index in [-0.39, 0.29) is 12.1 Å². The molecule has 6 nitrogen and oxygen atoms in total. The fraction of sp³-hybridized carbons (Fsp3) is 0.458. The summed E-state index contributed by atoms with van der Waals surface area (Å²) < 4.78 is 17.2. The van der Waals surface area contributed by atoms with Crippen LogP contribution in [0.3, 0.4) is 0 Å². The number of hydrogen-bond acceptors (Lipinski definition) is 5. The molecule has 0 radical (unpaired) electrons. The van der Waals surface area contributed by atoms with Crippen LogP contribution in [0.4, 0.5) is 0 Å². The normalized spacial score (nSPS) is 18.4. The first kappa shape index (κ1) is 22.1. The summed E-state index contributed by atoms with van der Waals surface area (Å²) in [6.07, 6.45) is 1.02. The minimum absolute atomic E-state index is 0.0845. The molecule has 1 fully saturated rings. The van der Waals surface area contributed by atoms with Crippen molar-refractivity contribution in [2.45, 2.75) is 32.6 Å². The SMILES string of the molecule is COc1ccc(OC)c(-c2cccc(COC3CNC[C@H]3CN(C=O)C(C)C)c2)c1. The number of benzene rings is 2. The zero-order valence-electron chi connectivity index (χ0n) is 18.3. The molecular weight excluding hydrogens is 380 g/mol. The molecule has 1 N–H and O–H groups in total. The average molecular weight is 413 g/mol. The third-order valence-corrected chi connectivity index (χ3v) is 5.63. The number of amides is 1. The van der Waals surface area contributed by atoms with E-state index >= 15 is 0 Å². The van der Waals surface area contributed by atoms with Gasteiger partial charge in [0.15, 0.2) is 0 Å². The van der Waals surface area contributed by atoms with Gasteiger partial charge < -0.3 is 24.4 Å². The van der Waals surface area contributed by atoms with Crippen molar-refractivity contribution in [3.63, 3.8) is 0 Å². The molecule has 1 saturated heterocycles. The Bertz CT molecular complexity index is 840. The summed E-state index contributed by atoms with van der Waals surface area (Å²) in [5.41, 5.74) is 3.14. The third kappa shape index (κ3) is 5.32. The average Bonchev–Trinajstić information content (AvgIpc) is 3.22. The minimum Gasteiger partial charge on any atom is -0.497 e. The van der Waals surface area contributed by atoms with E-state index in [1.807, 2.05) is 43.0 Å². The van der Waals surface area contributed by atoms with Crippen molar-refractivity contribution in [2.75, 3.05) is 33.9 Å². The summed E-state index contributed by atoms with van der Waals surface area (Å²) in [4.78, 5) is 13.2. The second kappa shape index (κ2) is 10.5. The van der Waals surface area contributed by atoms with E-state index in [4.69, 9.17) is 14.2 Å². The fourth-order valence-corrected chi connectivity index (χ4v) is 3.80. The molecule has 2 atom stereocenters. The van der Waals surface area contributed by atoms with Crippen LogP contribution in [0, 0.1) is 5.92 Å². The quantitative estimate of drug-likeness (QED) is 0.607. The van der Waals surface area contributed by atoms with E-state index in [1.165, 1.54) is 0 Å². The molecule has 2 aromatic carbocycles. The van der Waals surface area contributed by atoms with Gasteiger partial charge in [0.1, 0.15) is 11.5 Å². The summed E-state index contributed by atoms with van der Waals surface area (Å²) >= 11 is 0. The lowest BCUT2D eigenvalue weighted by Gasteiger charge is -2.28. The number of ether oxygens (including phenoxy) is 3. The van der Waals surface area contributed by atoms with Gasteiger partial charge in [0, 0.05) is 37.2 Å². The first-order valence-electron chi connectivity index (χ1n) is 10.4. The molecule has 162 valence electrons. The van der Waals surface area contributed by atoms with Crippen LogP contribution in [0.5, 0.6) is 11.5 Å². The van der Waals surface area contributed by atoms with E-state index in [2.05, 4.69) is 23.5 Å². The van der Waals surface area contributed by atoms with Crippen LogP contribution in [0.15, 0.2) is 42.5 Å². The number of nitrogens with zero attached hydrogens (tertiary/aromatic N) is 1. The smallest absolute Gasteiger partial charge is 0.209 e. The van der Waals surface area contributed by atoms with Gasteiger partial charge in [0.05, 0.1) is 26.9 Å². The van der Waals surface area contributed by atoms with Gasteiger partial charge in [-0.1, -0.05) is 18.2 Å². The fourth-order valence-electron chi connectivity index (χ4n) is 3.80. The standard InChI is InChI=1S/C24H32N2O4/c1-17(2)26(16-27)14-20-12-25-13-24(20)30-15-18-6-5-7-19(10-18)22-11-21(28-3)8-9-23(22)29-4/h5-11,16-17,20,24-25H,12-15H2,1-4H3/t20-,24?/m0/s1. The van der Waals surface area contributed by atoms with Gasteiger partial charge in [-0.2, -0.15) is 0 Å². The first-order chi connectivity index (χ1) is 14.5. The molecule has 0 bridgehead atoms. The van der Waals surface area contributed by atoms with Gasteiger partial charge in [0.2, 0.25) is 6.41 Å². The van der Waals surface area contributed by atoms with Crippen molar-refractivity contribution in [3.05, 3.63) is 48.0 Å². The lowest BCUT2D eigenvalue weighted by molar-refractivity contribution is -0.120. The number of hydrogen-bond donors (Lipinski definition) is 1. The highest BCUT2D eigenvalue weighted by molar-refractivity contribution is 5.72. The van der Waals surface area contributed by atoms with Crippen LogP contribution >= 0.6 is 0 Å². The zero-order chi connectivity index (χ0) is 21.5. The van der Waals surface area contributed by atoms with Gasteiger partial charge in [-0.3, -0.25) is 4.79 Å². The molecule has 1 unspecified atom stereocenters. The van der Waals surface area contributed by atoms with Gasteiger partial charge in [0.25, 0.3) is 0 Å². The molecule has 0 spiro atoms. The maximum atomic E-state index is 11.3. The molecular formula is C24H32N2O4. The molecule has 6 heteroatoms. The van der Waals surface area contributed by atoms with Crippen molar-refractivity contribution in [2.24, 2.45) is 5.92 Å². The van der Waals surface area contributed by atoms with E-state index < -0.39 is 0 Å². The lowest BCUT2D eigenvalue weighted by Crippen LogP contribution is -2.38. The predicted molar refractivity (Wildman–Crippen MR) is 118 cm³/mol. The number of carbonyl (C=O) groups excluding carboxylic acids is 1. The number of methoxy groups -OCH3 is 2. The Balaban J connectivity index is 1.69. The molecule has 0 saturated carbocycles. The molecule has 3 rings (SSSR count). The molecule has 1 aliphatic rings. The van der Waals surface area contributed by atoms with Gasteiger partial charge in [-0.25, -0.2) is 0 Å². The second-order valence-electron chi connectivity index (χ2n) is 7.93. The molecule has 1 amide bonds. The number of carbonyl (C=O) groups is 1. The Hall–Kier alpha value is -2.57. The third-order valence-electron chi connectivity index (χ3n) is 5.63. The zero-order valence-corrected chi connectivity index (χ0v) is 18.3. The maximum Gasteiger partial charge on any atom is 0.209 e. The Morgan fingerprint density at radius 2 is 1.97 bits per heavy atom. The summed E-state index contributed by atoms with van der Waals surface area (Å²) in [6, 6.07) is 14.3. The van der Waals surface area contributed by atoms with Crippen LogP contribution in [-0.4, -0.2) is 57.3 Å². The Morgan fingerprint density at radius 3 is 2.67 bits per heavy atom. The molecule has 2 aromatic rings. The molecule has 0 aromatic heterocycles. The van der Waals surface area contributed by atoms with Crippen molar-refractivity contribution < 1.29 is 19.0 Å². The van der Waals surface area contributed by atoms with Gasteiger partial charge in [-0.15, -0.1) is 0 Å². The Kier molecular flexibility index (Phi) is 7.71. The van der Waals surface area contributed by atoms with E-state index in [0.29, 0.717) is 19.1 Å². The highest BCUT2D eigenvalue weighted by Crippen LogP contribution is 2.34. The van der Waals surface area contributed by atoms with Crippen molar-refractivity contribution in [1.82, 2.24) is 10.2 Å². The highest BCUT2D eigenvalue weighted by Gasteiger charge is 2.30. The van der Waals surface area contributed by atoms with E-state index in [1.54, 1.807) is 14.2 Å². The van der Waals surface area contributed by atoms with Crippen LogP contribution in [0.1, 0.15) is 19.4 Å². The summed E-state index contributed by atoms with van der Waals surface area (Å²) in [6.45, 7) is 6.96. The summed E-state index contributed by atoms with van der Waals surface area (Å²) in [5, 5.41) is 3.39. The van der Waals surface area contributed by atoms with Crippen LogP contribution in [-0.2, 0) is 16.1 Å². The molecule has 30 heavy (non-hydrogen) atoms. The van der Waals surface area contributed by atoms with E-state index in [0.717, 1.165) is 47.7 Å². The topological polar surface area (TPSA) is 60.0 Å². The maximum absolute atomic E-state index is 11.3. The molecule has 1 aliphatic heterocycles. The predicted octanol–water partition coefficient (Wildman–Crippen LogP) is 3.34. The van der Waals surface area contributed by atoms with Crippen LogP contribution in [0.2, 0.25) is 0 Å². The van der Waals surface area contributed by atoms with Gasteiger partial charge in [-0.05, 0) is 49.2 Å². The highest BCUT2D eigenvalue weighted by atomic mass is 16.5. The van der Waals surface area contributed by atoms with Crippen molar-refractivity contribution >= 4 is 6.41 Å². The Morgan fingerprint density at radius 1 is 1.13 bits per heavy atom. The van der Waals surface area contributed by atoms with E-state index in [9.17, 15) is 4.79 Å². The molecule has 0 aliphatic carbocycles. The Labute approximate surface area is 179 Å². The van der Waals surface area contributed by atoms with Gasteiger partial charge >= 0.3 is 0 Å². The summed E-state index contributed by atoms with van der Waals surface area (Å²) in [5.74, 6) is 1.88. The largest absolute Gasteiger partial charge is 0.497 e. The summed E-state index contributed by atoms with van der Waals surface area (Å²) in [7, 11) is 3.33. The van der Waals surface area contributed by atoms with Crippen molar-refractivity contribution in [3.8, 4) is 22.6 Å². The lowest BCUT2D eigenvalue weighted by atomic mass is 10.0. The number of rotatable bonds is 10. The van der Waals surface area contributed by atoms with Crippen molar-refractivity contribution in [1.29, 1.82) is 0 Å². The van der Waals surface area contributed by atoms with Crippen LogP contribution < -0.4 is 14.8 Å². The first-order valence-corrected chi connectivity index (χ1v) is 10.4. The number of nitrogens with one attached hydrogen (secondary N) is 1. The van der Waals surface area contributed by atoms with Crippen LogP contribution in [0.25, 0.3) is 11.1 Å². The second-order valence-corrected chi connectivity index (χ2v) is 7.93. The molecule has 1 heterocycles.